The van der Waals surface area contributed by atoms with Crippen molar-refractivity contribution in [1.82, 2.24) is 9.97 Å². The van der Waals surface area contributed by atoms with Crippen molar-refractivity contribution >= 4 is 29.4 Å². The SMILES string of the molecule is O[B]Oc1ccc(-c2nc(-c3ccc4ccccc4c3)c3ccccc3n2)cc1. The zero-order valence-electron chi connectivity index (χ0n) is 15.5. The molecule has 0 aliphatic heterocycles. The summed E-state index contributed by atoms with van der Waals surface area (Å²) in [5.74, 6) is 1.19. The minimum Gasteiger partial charge on any atom is -0.537 e. The summed E-state index contributed by atoms with van der Waals surface area (Å²) in [5.41, 5.74) is 3.73. The van der Waals surface area contributed by atoms with E-state index < -0.39 is 0 Å². The molecule has 4 nitrogen and oxygen atoms in total. The first-order valence-electron chi connectivity index (χ1n) is 9.31. The van der Waals surface area contributed by atoms with E-state index >= 15 is 0 Å². The van der Waals surface area contributed by atoms with E-state index in [4.69, 9.17) is 19.6 Å². The van der Waals surface area contributed by atoms with Crippen molar-refractivity contribution in [2.75, 3.05) is 0 Å². The molecule has 0 amide bonds. The Morgan fingerprint density at radius 2 is 1.41 bits per heavy atom. The van der Waals surface area contributed by atoms with E-state index in [1.165, 1.54) is 10.8 Å². The molecule has 1 aromatic heterocycles. The predicted molar refractivity (Wildman–Crippen MR) is 117 cm³/mol. The van der Waals surface area contributed by atoms with Gasteiger partial charge in [0.05, 0.1) is 11.2 Å². The standard InChI is InChI=1S/C24H16BN2O2/c28-25-29-20-13-11-17(12-14-20)24-26-22-8-4-3-7-21(22)23(27-24)19-10-9-16-5-1-2-6-18(16)15-19/h1-15,28H. The number of hydrogen-bond acceptors (Lipinski definition) is 4. The number of para-hydroxylation sites is 1. The van der Waals surface area contributed by atoms with Crippen molar-refractivity contribution in [2.24, 2.45) is 0 Å². The van der Waals surface area contributed by atoms with Crippen molar-refractivity contribution in [3.63, 3.8) is 0 Å². The summed E-state index contributed by atoms with van der Waals surface area (Å²) in [4.78, 5) is 9.68. The molecule has 4 aromatic carbocycles. The van der Waals surface area contributed by atoms with Crippen LogP contribution in [0.4, 0.5) is 0 Å². The highest BCUT2D eigenvalue weighted by atomic mass is 16.5. The maximum absolute atomic E-state index is 8.79. The second-order valence-corrected chi connectivity index (χ2v) is 6.72. The molecule has 1 heterocycles. The summed E-state index contributed by atoms with van der Waals surface area (Å²) in [6, 6.07) is 30.1. The van der Waals surface area contributed by atoms with Gasteiger partial charge in [0.25, 0.3) is 0 Å². The molecule has 0 saturated carbocycles. The van der Waals surface area contributed by atoms with E-state index in [-0.39, 0.29) is 0 Å². The molecule has 29 heavy (non-hydrogen) atoms. The van der Waals surface area contributed by atoms with E-state index in [9.17, 15) is 0 Å². The van der Waals surface area contributed by atoms with Gasteiger partial charge in [0.15, 0.2) is 5.82 Å². The normalized spacial score (nSPS) is 10.9. The molecule has 0 fully saturated rings. The fourth-order valence-corrected chi connectivity index (χ4v) is 3.51. The van der Waals surface area contributed by atoms with Gasteiger partial charge in [-0.15, -0.1) is 0 Å². The zero-order valence-corrected chi connectivity index (χ0v) is 15.5. The maximum Gasteiger partial charge on any atom is 0.569 e. The Bertz CT molecular complexity index is 1320. The van der Waals surface area contributed by atoms with Gasteiger partial charge in [-0.2, -0.15) is 0 Å². The van der Waals surface area contributed by atoms with Crippen molar-refractivity contribution in [1.29, 1.82) is 0 Å². The number of fused-ring (bicyclic) bond motifs is 2. The van der Waals surface area contributed by atoms with Crippen LogP contribution >= 0.6 is 0 Å². The van der Waals surface area contributed by atoms with Crippen molar-refractivity contribution < 1.29 is 9.68 Å². The van der Waals surface area contributed by atoms with Gasteiger partial charge >= 0.3 is 7.69 Å². The zero-order chi connectivity index (χ0) is 19.6. The predicted octanol–water partition coefficient (Wildman–Crippen LogP) is 5.02. The third-order valence-corrected chi connectivity index (χ3v) is 4.93. The molecule has 0 bridgehead atoms. The molecule has 0 saturated heterocycles. The highest BCUT2D eigenvalue weighted by Crippen LogP contribution is 2.31. The second kappa shape index (κ2) is 7.38. The number of hydrogen-bond donors (Lipinski definition) is 1. The van der Waals surface area contributed by atoms with Crippen LogP contribution in [0.2, 0.25) is 0 Å². The molecule has 0 unspecified atom stereocenters. The third-order valence-electron chi connectivity index (χ3n) is 4.93. The minimum atomic E-state index is 0.548. The smallest absolute Gasteiger partial charge is 0.537 e. The van der Waals surface area contributed by atoms with Gasteiger partial charge in [-0.3, -0.25) is 0 Å². The van der Waals surface area contributed by atoms with Gasteiger partial charge in [0.2, 0.25) is 0 Å². The highest BCUT2D eigenvalue weighted by Gasteiger charge is 2.12. The molecule has 0 aliphatic rings. The van der Waals surface area contributed by atoms with Crippen LogP contribution < -0.4 is 4.65 Å². The summed E-state index contributed by atoms with van der Waals surface area (Å²) in [5, 5.41) is 12.2. The quantitative estimate of drug-likeness (QED) is 0.448. The van der Waals surface area contributed by atoms with Gasteiger partial charge in [0.1, 0.15) is 5.75 Å². The fraction of sp³-hybridized carbons (Fsp3) is 0. The van der Waals surface area contributed by atoms with Crippen molar-refractivity contribution in [2.45, 2.75) is 0 Å². The van der Waals surface area contributed by atoms with Gasteiger partial charge in [-0.25, -0.2) is 9.97 Å². The van der Waals surface area contributed by atoms with Gasteiger partial charge in [-0.1, -0.05) is 54.6 Å². The van der Waals surface area contributed by atoms with Crippen molar-refractivity contribution in [3.8, 4) is 28.4 Å². The van der Waals surface area contributed by atoms with Crippen LogP contribution in [0, 0.1) is 0 Å². The first kappa shape index (κ1) is 17.4. The molecular weight excluding hydrogens is 359 g/mol. The minimum absolute atomic E-state index is 0.548. The maximum atomic E-state index is 8.79. The highest BCUT2D eigenvalue weighted by molar-refractivity contribution is 6.17. The first-order chi connectivity index (χ1) is 14.3. The van der Waals surface area contributed by atoms with Crippen LogP contribution in [0.15, 0.2) is 91.0 Å². The molecule has 5 heteroatoms. The molecular formula is C24H16BN2O2. The molecule has 1 N–H and O–H groups in total. The topological polar surface area (TPSA) is 55.2 Å². The molecule has 0 spiro atoms. The molecule has 137 valence electrons. The number of aromatic nitrogens is 2. The van der Waals surface area contributed by atoms with Crippen LogP contribution in [-0.4, -0.2) is 22.7 Å². The Morgan fingerprint density at radius 1 is 0.690 bits per heavy atom. The lowest BCUT2D eigenvalue weighted by Gasteiger charge is -2.10. The van der Waals surface area contributed by atoms with Crippen LogP contribution in [0.25, 0.3) is 44.3 Å². The Morgan fingerprint density at radius 3 is 2.24 bits per heavy atom. The monoisotopic (exact) mass is 375 g/mol. The van der Waals surface area contributed by atoms with E-state index in [1.807, 2.05) is 42.5 Å². The van der Waals surface area contributed by atoms with E-state index in [0.717, 1.165) is 27.7 Å². The third kappa shape index (κ3) is 3.32. The summed E-state index contributed by atoms with van der Waals surface area (Å²) in [6.07, 6.45) is 0. The Balaban J connectivity index is 1.69. The van der Waals surface area contributed by atoms with Gasteiger partial charge < -0.3 is 9.68 Å². The number of rotatable bonds is 4. The summed E-state index contributed by atoms with van der Waals surface area (Å²) >= 11 is 0. The van der Waals surface area contributed by atoms with E-state index in [2.05, 4.69) is 36.4 Å². The van der Waals surface area contributed by atoms with Crippen LogP contribution in [0.3, 0.4) is 0 Å². The van der Waals surface area contributed by atoms with E-state index in [1.54, 1.807) is 12.1 Å². The lowest BCUT2D eigenvalue weighted by Crippen LogP contribution is -1.99. The second-order valence-electron chi connectivity index (χ2n) is 6.72. The Labute approximate surface area is 168 Å². The van der Waals surface area contributed by atoms with Gasteiger partial charge in [0, 0.05) is 16.5 Å². The summed E-state index contributed by atoms with van der Waals surface area (Å²) in [6.45, 7) is 0. The summed E-state index contributed by atoms with van der Waals surface area (Å²) in [7, 11) is 0.666. The molecule has 5 aromatic rings. The molecule has 0 aliphatic carbocycles. The van der Waals surface area contributed by atoms with Crippen molar-refractivity contribution in [3.05, 3.63) is 91.0 Å². The number of benzene rings is 4. The van der Waals surface area contributed by atoms with Crippen LogP contribution in [0.1, 0.15) is 0 Å². The average Bonchev–Trinajstić information content (AvgIpc) is 2.79. The molecule has 0 atom stereocenters. The molecule has 1 radical (unpaired) electrons. The Kier molecular flexibility index (Phi) is 4.43. The van der Waals surface area contributed by atoms with Crippen LogP contribution in [-0.2, 0) is 0 Å². The lowest BCUT2D eigenvalue weighted by atomic mass is 10.0. The summed E-state index contributed by atoms with van der Waals surface area (Å²) < 4.78 is 4.99. The lowest BCUT2D eigenvalue weighted by molar-refractivity contribution is 0.454. The fourth-order valence-electron chi connectivity index (χ4n) is 3.51. The average molecular weight is 375 g/mol. The largest absolute Gasteiger partial charge is 0.569 e. The Hall–Kier alpha value is -3.70. The van der Waals surface area contributed by atoms with E-state index in [0.29, 0.717) is 19.3 Å². The van der Waals surface area contributed by atoms with Crippen LogP contribution in [0.5, 0.6) is 5.75 Å². The molecule has 5 rings (SSSR count). The van der Waals surface area contributed by atoms with Gasteiger partial charge in [-0.05, 0) is 47.2 Å². The number of nitrogens with zero attached hydrogens (tertiary/aromatic N) is 2. The first-order valence-corrected chi connectivity index (χ1v) is 9.31.